The summed E-state index contributed by atoms with van der Waals surface area (Å²) in [6.07, 6.45) is 0.223. The Morgan fingerprint density at radius 2 is 1.91 bits per heavy atom. The van der Waals surface area contributed by atoms with E-state index in [1.165, 1.54) is 13.2 Å². The minimum Gasteiger partial charge on any atom is -0.504 e. The number of nitrogens with one attached hydrogen (secondary N) is 1. The number of carbonyl (C=O) groups is 1. The average molecular weight is 301 g/mol. The minimum absolute atomic E-state index is 0.0174. The number of anilines is 1. The number of hydrogen-bond donors (Lipinski definition) is 2. The molecule has 0 radical (unpaired) electrons. The molecular formula is C17H19NO4. The van der Waals surface area contributed by atoms with E-state index in [1.54, 1.807) is 12.1 Å². The van der Waals surface area contributed by atoms with Crippen LogP contribution in [0.1, 0.15) is 12.0 Å². The maximum absolute atomic E-state index is 11.8. The number of carbonyl (C=O) groups excluding carboxylic acids is 1. The molecule has 0 fully saturated rings. The zero-order valence-electron chi connectivity index (χ0n) is 12.6. The number of phenolic OH excluding ortho intramolecular Hbond substituents is 1. The van der Waals surface area contributed by atoms with Gasteiger partial charge in [0.1, 0.15) is 5.75 Å². The van der Waals surface area contributed by atoms with Gasteiger partial charge in [0.15, 0.2) is 11.5 Å². The molecule has 5 heteroatoms. The van der Waals surface area contributed by atoms with Crippen LogP contribution in [0.3, 0.4) is 0 Å². The summed E-state index contributed by atoms with van der Waals surface area (Å²) in [5, 5.41) is 12.3. The summed E-state index contributed by atoms with van der Waals surface area (Å²) in [5.41, 5.74) is 1.67. The highest BCUT2D eigenvalue weighted by molar-refractivity contribution is 5.91. The number of benzene rings is 2. The van der Waals surface area contributed by atoms with E-state index in [2.05, 4.69) is 5.32 Å². The second-order valence-electron chi connectivity index (χ2n) is 4.85. The SMILES string of the molecule is COc1ccc(NC(=O)CCOc2ccc(C)cc2)cc1O. The highest BCUT2D eigenvalue weighted by Gasteiger charge is 2.06. The van der Waals surface area contributed by atoms with Crippen LogP contribution in [-0.2, 0) is 4.79 Å². The molecule has 0 atom stereocenters. The molecule has 116 valence electrons. The van der Waals surface area contributed by atoms with Gasteiger partial charge in [0.2, 0.25) is 5.91 Å². The molecule has 0 saturated carbocycles. The van der Waals surface area contributed by atoms with Gasteiger partial charge in [0.05, 0.1) is 20.1 Å². The fraction of sp³-hybridized carbons (Fsp3) is 0.235. The van der Waals surface area contributed by atoms with E-state index in [0.29, 0.717) is 11.4 Å². The normalized spacial score (nSPS) is 10.1. The van der Waals surface area contributed by atoms with Gasteiger partial charge in [-0.25, -0.2) is 0 Å². The Morgan fingerprint density at radius 1 is 1.18 bits per heavy atom. The van der Waals surface area contributed by atoms with E-state index in [0.717, 1.165) is 11.3 Å². The molecule has 0 aliphatic rings. The Balaban J connectivity index is 1.80. The van der Waals surface area contributed by atoms with Gasteiger partial charge in [-0.1, -0.05) is 17.7 Å². The first-order valence-corrected chi connectivity index (χ1v) is 6.95. The topological polar surface area (TPSA) is 67.8 Å². The molecule has 0 aliphatic carbocycles. The van der Waals surface area contributed by atoms with E-state index < -0.39 is 0 Å². The van der Waals surface area contributed by atoms with Crippen molar-refractivity contribution in [2.24, 2.45) is 0 Å². The predicted octanol–water partition coefficient (Wildman–Crippen LogP) is 3.12. The molecule has 0 heterocycles. The van der Waals surface area contributed by atoms with Crippen LogP contribution in [0.25, 0.3) is 0 Å². The quantitative estimate of drug-likeness (QED) is 0.860. The Morgan fingerprint density at radius 3 is 2.55 bits per heavy atom. The van der Waals surface area contributed by atoms with E-state index in [1.807, 2.05) is 31.2 Å². The number of amides is 1. The van der Waals surface area contributed by atoms with Crippen LogP contribution >= 0.6 is 0 Å². The lowest BCUT2D eigenvalue weighted by Gasteiger charge is -2.09. The summed E-state index contributed by atoms with van der Waals surface area (Å²) in [4.78, 5) is 11.8. The van der Waals surface area contributed by atoms with Crippen molar-refractivity contribution in [1.29, 1.82) is 0 Å². The van der Waals surface area contributed by atoms with E-state index in [-0.39, 0.29) is 24.7 Å². The third kappa shape index (κ3) is 4.41. The summed E-state index contributed by atoms with van der Waals surface area (Å²) in [6, 6.07) is 12.3. The third-order valence-corrected chi connectivity index (χ3v) is 3.08. The number of aryl methyl sites for hydroxylation is 1. The van der Waals surface area contributed by atoms with E-state index >= 15 is 0 Å². The van der Waals surface area contributed by atoms with E-state index in [9.17, 15) is 9.90 Å². The Bertz CT molecular complexity index is 638. The van der Waals surface area contributed by atoms with Crippen molar-refractivity contribution in [2.75, 3.05) is 19.0 Å². The first-order valence-electron chi connectivity index (χ1n) is 6.95. The maximum atomic E-state index is 11.8. The lowest BCUT2D eigenvalue weighted by molar-refractivity contribution is -0.116. The molecule has 2 rings (SSSR count). The smallest absolute Gasteiger partial charge is 0.227 e. The summed E-state index contributed by atoms with van der Waals surface area (Å²) >= 11 is 0. The lowest BCUT2D eigenvalue weighted by Crippen LogP contribution is -2.15. The molecule has 0 aromatic heterocycles. The van der Waals surface area contributed by atoms with Gasteiger partial charge in [-0.2, -0.15) is 0 Å². The summed E-state index contributed by atoms with van der Waals surface area (Å²) in [5.74, 6) is 0.897. The number of ether oxygens (including phenoxy) is 2. The van der Waals surface area contributed by atoms with Crippen LogP contribution < -0.4 is 14.8 Å². The van der Waals surface area contributed by atoms with Gasteiger partial charge in [-0.15, -0.1) is 0 Å². The number of rotatable bonds is 6. The van der Waals surface area contributed by atoms with Gasteiger partial charge >= 0.3 is 0 Å². The third-order valence-electron chi connectivity index (χ3n) is 3.08. The monoisotopic (exact) mass is 301 g/mol. The van der Waals surface area contributed by atoms with Crippen LogP contribution in [0.5, 0.6) is 17.2 Å². The van der Waals surface area contributed by atoms with Crippen LogP contribution in [-0.4, -0.2) is 24.7 Å². The number of hydrogen-bond acceptors (Lipinski definition) is 4. The van der Waals surface area contributed by atoms with Crippen LogP contribution in [0, 0.1) is 6.92 Å². The standard InChI is InChI=1S/C17H19NO4/c1-12-3-6-14(7-4-12)22-10-9-17(20)18-13-5-8-16(21-2)15(19)11-13/h3-8,11,19H,9-10H2,1-2H3,(H,18,20). The van der Waals surface area contributed by atoms with Gasteiger partial charge in [0, 0.05) is 11.8 Å². The summed E-state index contributed by atoms with van der Waals surface area (Å²) in [6.45, 7) is 2.29. The molecular weight excluding hydrogens is 282 g/mol. The van der Waals surface area contributed by atoms with Gasteiger partial charge in [0.25, 0.3) is 0 Å². The van der Waals surface area contributed by atoms with Gasteiger partial charge in [-0.05, 0) is 31.2 Å². The predicted molar refractivity (Wildman–Crippen MR) is 84.6 cm³/mol. The molecule has 0 bridgehead atoms. The molecule has 2 N–H and O–H groups in total. The largest absolute Gasteiger partial charge is 0.504 e. The fourth-order valence-corrected chi connectivity index (χ4v) is 1.89. The van der Waals surface area contributed by atoms with Gasteiger partial charge < -0.3 is 19.9 Å². The molecule has 0 unspecified atom stereocenters. The zero-order chi connectivity index (χ0) is 15.9. The highest BCUT2D eigenvalue weighted by Crippen LogP contribution is 2.28. The first kappa shape index (κ1) is 15.7. The van der Waals surface area contributed by atoms with Crippen molar-refractivity contribution in [3.05, 3.63) is 48.0 Å². The Kier molecular flexibility index (Phi) is 5.25. The van der Waals surface area contributed by atoms with Crippen molar-refractivity contribution in [3.8, 4) is 17.2 Å². The molecule has 2 aromatic carbocycles. The van der Waals surface area contributed by atoms with Crippen LogP contribution in [0.15, 0.2) is 42.5 Å². The number of methoxy groups -OCH3 is 1. The average Bonchev–Trinajstić information content (AvgIpc) is 2.49. The molecule has 2 aromatic rings. The molecule has 1 amide bonds. The van der Waals surface area contributed by atoms with Crippen LogP contribution in [0.2, 0.25) is 0 Å². The van der Waals surface area contributed by atoms with Crippen molar-refractivity contribution in [3.63, 3.8) is 0 Å². The van der Waals surface area contributed by atoms with Crippen molar-refractivity contribution < 1.29 is 19.4 Å². The van der Waals surface area contributed by atoms with Crippen molar-refractivity contribution in [2.45, 2.75) is 13.3 Å². The van der Waals surface area contributed by atoms with Crippen molar-refractivity contribution >= 4 is 11.6 Å². The fourth-order valence-electron chi connectivity index (χ4n) is 1.89. The zero-order valence-corrected chi connectivity index (χ0v) is 12.6. The van der Waals surface area contributed by atoms with E-state index in [4.69, 9.17) is 9.47 Å². The first-order chi connectivity index (χ1) is 10.6. The molecule has 0 aliphatic heterocycles. The molecule has 5 nitrogen and oxygen atoms in total. The molecule has 0 spiro atoms. The Hall–Kier alpha value is -2.69. The second kappa shape index (κ2) is 7.36. The van der Waals surface area contributed by atoms with Gasteiger partial charge in [-0.3, -0.25) is 4.79 Å². The lowest BCUT2D eigenvalue weighted by atomic mass is 10.2. The maximum Gasteiger partial charge on any atom is 0.227 e. The highest BCUT2D eigenvalue weighted by atomic mass is 16.5. The Labute approximate surface area is 129 Å². The molecule has 22 heavy (non-hydrogen) atoms. The number of phenols is 1. The van der Waals surface area contributed by atoms with Crippen molar-refractivity contribution in [1.82, 2.24) is 0 Å². The second-order valence-corrected chi connectivity index (χ2v) is 4.85. The number of aromatic hydroxyl groups is 1. The minimum atomic E-state index is -0.184. The summed E-state index contributed by atoms with van der Waals surface area (Å²) < 4.78 is 10.4. The summed E-state index contributed by atoms with van der Waals surface area (Å²) in [7, 11) is 1.47. The van der Waals surface area contributed by atoms with Crippen LogP contribution in [0.4, 0.5) is 5.69 Å². The molecule has 0 saturated heterocycles.